The number of nitrogens with zero attached hydrogens (tertiary/aromatic N) is 1. The van der Waals surface area contributed by atoms with Crippen LogP contribution in [-0.2, 0) is 57.2 Å². The fraction of sp³-hybridized carbons (Fsp3) is 0.891. The van der Waals surface area contributed by atoms with Gasteiger partial charge in [-0.15, -0.1) is 0 Å². The van der Waals surface area contributed by atoms with Gasteiger partial charge in [-0.1, -0.05) is 109 Å². The summed E-state index contributed by atoms with van der Waals surface area (Å²) in [4.78, 5) is 72.1. The first-order valence-electron chi connectivity index (χ1n) is 28.6. The van der Waals surface area contributed by atoms with Crippen molar-refractivity contribution in [3.05, 3.63) is 0 Å². The molecule has 21 nitrogen and oxygen atoms in total. The Hall–Kier alpha value is -3.54. The highest BCUT2D eigenvalue weighted by Gasteiger charge is 2.50. The average Bonchev–Trinajstić information content (AvgIpc) is 3.36. The van der Waals surface area contributed by atoms with E-state index in [0.717, 1.165) is 141 Å². The number of aliphatic hydroxyl groups is 6. The number of quaternary nitrogens is 1. The molecule has 1 aliphatic heterocycles. The van der Waals surface area contributed by atoms with Gasteiger partial charge in [0.25, 0.3) is 0 Å². The van der Waals surface area contributed by atoms with Crippen LogP contribution in [0.25, 0.3) is 0 Å². The molecule has 0 bridgehead atoms. The fourth-order valence-corrected chi connectivity index (χ4v) is 9.65. The van der Waals surface area contributed by atoms with Crippen LogP contribution < -0.4 is 10.6 Å². The van der Waals surface area contributed by atoms with Gasteiger partial charge in [-0.05, 0) is 44.9 Å². The zero-order valence-electron chi connectivity index (χ0n) is 46.6. The molecule has 0 radical (unpaired) electrons. The molecular weight excluding hydrogens is 991 g/mol. The molecule has 21 heteroatoms. The fourth-order valence-electron chi connectivity index (χ4n) is 9.65. The number of amides is 2. The molecule has 1 saturated heterocycles. The van der Waals surface area contributed by atoms with E-state index in [1.165, 1.54) is 13.8 Å². The molecule has 0 aromatic rings. The van der Waals surface area contributed by atoms with Gasteiger partial charge in [-0.25, -0.2) is 4.79 Å². The van der Waals surface area contributed by atoms with Crippen molar-refractivity contribution in [3.63, 3.8) is 0 Å². The van der Waals surface area contributed by atoms with Crippen LogP contribution in [0.4, 0.5) is 0 Å². The molecule has 2 rings (SSSR count). The van der Waals surface area contributed by atoms with Crippen molar-refractivity contribution in [2.75, 3.05) is 66.8 Å². The first-order chi connectivity index (χ1) is 36.4. The monoisotopic (exact) mass is 1090 g/mol. The summed E-state index contributed by atoms with van der Waals surface area (Å²) < 4.78 is 33.2. The topological polar surface area (TPSA) is 303 Å². The maximum absolute atomic E-state index is 12.8. The number of ether oxygens (including phenoxy) is 6. The zero-order chi connectivity index (χ0) is 56.1. The third-order valence-electron chi connectivity index (χ3n) is 14.2. The van der Waals surface area contributed by atoms with Gasteiger partial charge in [0.2, 0.25) is 11.8 Å². The summed E-state index contributed by atoms with van der Waals surface area (Å²) in [5, 5.41) is 67.8. The molecule has 1 heterocycles. The number of nitrogens with one attached hydrogen (secondary N) is 2. The summed E-state index contributed by atoms with van der Waals surface area (Å²) in [5.74, 6) is -2.57. The van der Waals surface area contributed by atoms with Crippen molar-refractivity contribution < 1.29 is 92.3 Å². The van der Waals surface area contributed by atoms with Crippen LogP contribution in [0.5, 0.6) is 0 Å². The highest BCUT2D eigenvalue weighted by Crippen LogP contribution is 2.32. The molecule has 0 spiro atoms. The molecule has 442 valence electrons. The maximum Gasteiger partial charge on any atom is 0.361 e. The van der Waals surface area contributed by atoms with E-state index < -0.39 is 85.9 Å². The smallest absolute Gasteiger partial charge is 0.361 e. The van der Waals surface area contributed by atoms with Crippen LogP contribution in [0.2, 0.25) is 0 Å². The van der Waals surface area contributed by atoms with E-state index in [1.54, 1.807) is 0 Å². The summed E-state index contributed by atoms with van der Waals surface area (Å²) in [5.41, 5.74) is 0. The Kier molecular flexibility index (Phi) is 36.6. The Bertz CT molecular complexity index is 1620. The Morgan fingerprint density at radius 1 is 0.513 bits per heavy atom. The van der Waals surface area contributed by atoms with Crippen molar-refractivity contribution in [3.8, 4) is 0 Å². The minimum absolute atomic E-state index is 0.00785. The van der Waals surface area contributed by atoms with Crippen LogP contribution in [0, 0.1) is 5.92 Å². The normalized spacial score (nSPS) is 23.6. The highest BCUT2D eigenvalue weighted by atomic mass is 16.6. The summed E-state index contributed by atoms with van der Waals surface area (Å²) in [6, 6.07) is -2.42. The summed E-state index contributed by atoms with van der Waals surface area (Å²) in [6.07, 6.45) is 13.6. The minimum atomic E-state index is -1.66. The van der Waals surface area contributed by atoms with Crippen LogP contribution in [-0.4, -0.2) is 193 Å². The number of aliphatic hydroxyl groups excluding tert-OH is 6. The molecule has 0 aromatic heterocycles. The number of hydrogen-bond acceptors (Lipinski definition) is 18. The minimum Gasteiger partial charge on any atom is -0.466 e. The predicted octanol–water partition coefficient (Wildman–Crippen LogP) is 3.95. The molecule has 2 fully saturated rings. The quantitative estimate of drug-likeness (QED) is 0.0186. The van der Waals surface area contributed by atoms with Gasteiger partial charge < -0.3 is 74.2 Å². The molecule has 2 amide bonds. The Labute approximate surface area is 452 Å². The third-order valence-corrected chi connectivity index (χ3v) is 14.2. The van der Waals surface area contributed by atoms with E-state index in [1.807, 2.05) is 14.1 Å². The summed E-state index contributed by atoms with van der Waals surface area (Å²) >= 11 is 0. The van der Waals surface area contributed by atoms with Gasteiger partial charge in [0, 0.05) is 45.6 Å². The van der Waals surface area contributed by atoms with Crippen molar-refractivity contribution in [2.24, 2.45) is 5.92 Å². The Morgan fingerprint density at radius 2 is 0.961 bits per heavy atom. The first-order valence-corrected chi connectivity index (χ1v) is 28.6. The number of carbonyl (C=O) groups excluding carboxylic acids is 6. The zero-order valence-corrected chi connectivity index (χ0v) is 46.6. The second-order valence-electron chi connectivity index (χ2n) is 21.6. The van der Waals surface area contributed by atoms with Crippen LogP contribution in [0.3, 0.4) is 0 Å². The summed E-state index contributed by atoms with van der Waals surface area (Å²) in [7, 11) is 3.81. The second-order valence-corrected chi connectivity index (χ2v) is 21.6. The van der Waals surface area contributed by atoms with Crippen molar-refractivity contribution in [1.82, 2.24) is 10.6 Å². The van der Waals surface area contributed by atoms with E-state index in [9.17, 15) is 59.4 Å². The number of esters is 4. The van der Waals surface area contributed by atoms with Crippen LogP contribution in [0.15, 0.2) is 0 Å². The molecule has 1 saturated carbocycles. The number of unbranched alkanes of at least 4 members (excludes halogenated alkanes) is 20. The first kappa shape index (κ1) is 68.6. The van der Waals surface area contributed by atoms with E-state index in [0.29, 0.717) is 50.1 Å². The lowest BCUT2D eigenvalue weighted by Gasteiger charge is -2.47. The largest absolute Gasteiger partial charge is 0.466 e. The van der Waals surface area contributed by atoms with Crippen LogP contribution >= 0.6 is 0 Å². The molecule has 1 aliphatic carbocycles. The molecule has 0 aromatic carbocycles. The molecule has 10 atom stereocenters. The Balaban J connectivity index is 1.38. The third kappa shape index (κ3) is 30.6. The molecular formula is C55H100N3O18+. The molecule has 4 unspecified atom stereocenters. The number of rotatable bonds is 43. The second kappa shape index (κ2) is 40.6. The van der Waals surface area contributed by atoms with E-state index >= 15 is 0 Å². The molecule has 2 aliphatic rings. The van der Waals surface area contributed by atoms with E-state index in [-0.39, 0.29) is 49.9 Å². The van der Waals surface area contributed by atoms with Gasteiger partial charge in [0.15, 0.2) is 12.8 Å². The number of carbonyl (C=O) groups is 6. The number of likely N-dealkylation sites (N-methyl/N-ethyl adjacent to an activating group) is 1. The Morgan fingerprint density at radius 3 is 1.41 bits per heavy atom. The standard InChI is InChI=1S/C55H99N3O18/c1-40(61)56-49-43(36-42(38-59)51(67)52(49)68)75-54-44(39-60)76-55(70)50(53(54)69)57-45(63)28-22-16-10-9-15-20-26-33-73-47(65)30-24-18-12-6-5-11-17-23-29-46(64)72-32-25-19-13-7-8-14-21-27-34-74-48(66)37-58(3,4)31-35-71-41(2)62/h42-44,49-55,59-60,67-70H,5-39H2,1-4H3,(H-,56,57,61,63)/p+1/t42?,43-,44?,49?,50?,51-,52-,53-,54-,55-/m0/s1. The van der Waals surface area contributed by atoms with Crippen molar-refractivity contribution in [2.45, 2.75) is 242 Å². The van der Waals surface area contributed by atoms with Gasteiger partial charge in [0.05, 0.1) is 58.8 Å². The van der Waals surface area contributed by atoms with Gasteiger partial charge in [-0.3, -0.25) is 24.0 Å². The van der Waals surface area contributed by atoms with Gasteiger partial charge in [0.1, 0.15) is 43.6 Å². The lowest BCUT2D eigenvalue weighted by molar-refractivity contribution is -0.883. The van der Waals surface area contributed by atoms with E-state index in [4.69, 9.17) is 28.4 Å². The van der Waals surface area contributed by atoms with Crippen molar-refractivity contribution in [1.29, 1.82) is 0 Å². The SMILES string of the molecule is CC(=O)NC1[C@@H](O[C@H]2C(CO)O[C@H](O)C(NC(=O)CCCCCCCCCOC(=O)CCCCCCCCCCC(=O)OCCCCCCCCCCOC(=O)C[N+](C)(C)CCOC(C)=O)[C@@H]2O)CC(CO)[C@H](O)[C@H]1O. The molecule has 8 N–H and O–H groups in total. The summed E-state index contributed by atoms with van der Waals surface area (Å²) in [6.45, 7) is 3.83. The average molecular weight is 1090 g/mol. The lowest BCUT2D eigenvalue weighted by Crippen LogP contribution is -2.67. The van der Waals surface area contributed by atoms with Crippen LogP contribution in [0.1, 0.15) is 187 Å². The predicted molar refractivity (Wildman–Crippen MR) is 281 cm³/mol. The maximum atomic E-state index is 12.8. The van der Waals surface area contributed by atoms with Crippen molar-refractivity contribution >= 4 is 35.7 Å². The molecule has 76 heavy (non-hydrogen) atoms. The van der Waals surface area contributed by atoms with Gasteiger partial charge >= 0.3 is 23.9 Å². The number of hydrogen-bond donors (Lipinski definition) is 8. The lowest BCUT2D eigenvalue weighted by atomic mass is 9.79. The van der Waals surface area contributed by atoms with Gasteiger partial charge in [-0.2, -0.15) is 0 Å². The highest BCUT2D eigenvalue weighted by molar-refractivity contribution is 5.76. The van der Waals surface area contributed by atoms with E-state index in [2.05, 4.69) is 10.6 Å².